The minimum atomic E-state index is -4.11. The van der Waals surface area contributed by atoms with Gasteiger partial charge in [-0.25, -0.2) is 13.8 Å². The van der Waals surface area contributed by atoms with E-state index in [1.54, 1.807) is 48.5 Å². The molecule has 0 aliphatic rings. The van der Waals surface area contributed by atoms with Gasteiger partial charge in [-0.05, 0) is 42.0 Å². The van der Waals surface area contributed by atoms with Crippen molar-refractivity contribution in [2.75, 3.05) is 10.8 Å². The Hall–Kier alpha value is -2.58. The van der Waals surface area contributed by atoms with Crippen LogP contribution in [0.3, 0.4) is 0 Å². The van der Waals surface area contributed by atoms with Crippen LogP contribution < -0.4 is 9.73 Å². The van der Waals surface area contributed by atoms with Gasteiger partial charge < -0.3 is 0 Å². The molecule has 160 valence electrons. The van der Waals surface area contributed by atoms with Crippen molar-refractivity contribution >= 4 is 62.6 Å². The van der Waals surface area contributed by atoms with Gasteiger partial charge in [0, 0.05) is 5.02 Å². The van der Waals surface area contributed by atoms with Crippen LogP contribution in [0.15, 0.2) is 82.8 Å². The van der Waals surface area contributed by atoms with Gasteiger partial charge in [-0.15, -0.1) is 0 Å². The molecular formula is C21H16Cl3N3O3S. The molecule has 0 spiro atoms. The molecule has 0 saturated heterocycles. The van der Waals surface area contributed by atoms with Crippen LogP contribution in [0.2, 0.25) is 15.1 Å². The number of hydrazone groups is 1. The van der Waals surface area contributed by atoms with Crippen LogP contribution in [0.1, 0.15) is 5.56 Å². The van der Waals surface area contributed by atoms with Gasteiger partial charge >= 0.3 is 0 Å². The van der Waals surface area contributed by atoms with Gasteiger partial charge in [0.1, 0.15) is 6.54 Å². The lowest BCUT2D eigenvalue weighted by atomic mass is 10.2. The Labute approximate surface area is 195 Å². The Kier molecular flexibility index (Phi) is 7.56. The summed E-state index contributed by atoms with van der Waals surface area (Å²) in [5.74, 6) is -0.666. The first-order valence-corrected chi connectivity index (χ1v) is 11.5. The molecule has 3 aromatic carbocycles. The summed E-state index contributed by atoms with van der Waals surface area (Å²) >= 11 is 18.2. The third-order valence-corrected chi connectivity index (χ3v) is 6.93. The first-order valence-electron chi connectivity index (χ1n) is 8.88. The lowest BCUT2D eigenvalue weighted by molar-refractivity contribution is -0.119. The number of anilines is 1. The van der Waals surface area contributed by atoms with E-state index < -0.39 is 22.5 Å². The molecule has 0 aromatic heterocycles. The molecule has 0 aliphatic heterocycles. The van der Waals surface area contributed by atoms with Crippen molar-refractivity contribution in [3.8, 4) is 0 Å². The summed E-state index contributed by atoms with van der Waals surface area (Å²) < 4.78 is 27.4. The van der Waals surface area contributed by atoms with E-state index in [9.17, 15) is 13.2 Å². The van der Waals surface area contributed by atoms with E-state index in [2.05, 4.69) is 10.5 Å². The number of carbonyl (C=O) groups is 1. The third kappa shape index (κ3) is 5.77. The summed E-state index contributed by atoms with van der Waals surface area (Å²) in [6.45, 7) is -0.560. The van der Waals surface area contributed by atoms with Crippen LogP contribution in [0.5, 0.6) is 0 Å². The summed E-state index contributed by atoms with van der Waals surface area (Å²) in [5, 5.41) is 4.61. The van der Waals surface area contributed by atoms with E-state index in [0.29, 0.717) is 10.6 Å². The highest BCUT2D eigenvalue weighted by Crippen LogP contribution is 2.35. The van der Waals surface area contributed by atoms with Crippen molar-refractivity contribution in [2.45, 2.75) is 4.90 Å². The summed E-state index contributed by atoms with van der Waals surface area (Å²) in [7, 11) is -4.11. The number of amides is 1. The lowest BCUT2D eigenvalue weighted by Crippen LogP contribution is -2.39. The predicted molar refractivity (Wildman–Crippen MR) is 125 cm³/mol. The second-order valence-corrected chi connectivity index (χ2v) is 9.33. The van der Waals surface area contributed by atoms with Crippen LogP contribution in [-0.2, 0) is 14.8 Å². The van der Waals surface area contributed by atoms with Gasteiger partial charge in [-0.1, -0.05) is 71.2 Å². The zero-order chi connectivity index (χ0) is 22.4. The Morgan fingerprint density at radius 2 is 1.61 bits per heavy atom. The van der Waals surface area contributed by atoms with Crippen LogP contribution in [0.25, 0.3) is 0 Å². The van der Waals surface area contributed by atoms with E-state index in [1.165, 1.54) is 30.5 Å². The topological polar surface area (TPSA) is 78.8 Å². The summed E-state index contributed by atoms with van der Waals surface area (Å²) in [6.07, 6.45) is 1.41. The van der Waals surface area contributed by atoms with Gasteiger partial charge in [0.15, 0.2) is 0 Å². The molecule has 3 rings (SSSR count). The van der Waals surface area contributed by atoms with Crippen molar-refractivity contribution in [3.05, 3.63) is 93.4 Å². The number of hydrogen-bond acceptors (Lipinski definition) is 4. The lowest BCUT2D eigenvalue weighted by Gasteiger charge is -2.24. The minimum Gasteiger partial charge on any atom is -0.271 e. The molecule has 10 heteroatoms. The van der Waals surface area contributed by atoms with Crippen molar-refractivity contribution in [3.63, 3.8) is 0 Å². The molecule has 0 unspecified atom stereocenters. The van der Waals surface area contributed by atoms with E-state index >= 15 is 0 Å². The van der Waals surface area contributed by atoms with Crippen molar-refractivity contribution in [1.29, 1.82) is 0 Å². The molecule has 0 bridgehead atoms. The van der Waals surface area contributed by atoms with Gasteiger partial charge in [0.2, 0.25) is 0 Å². The molecule has 0 saturated carbocycles. The summed E-state index contributed by atoms with van der Waals surface area (Å²) in [4.78, 5) is 12.5. The number of carbonyl (C=O) groups excluding carboxylic acids is 1. The number of sulfonamides is 1. The highest BCUT2D eigenvalue weighted by molar-refractivity contribution is 7.92. The van der Waals surface area contributed by atoms with E-state index in [0.717, 1.165) is 4.31 Å². The highest BCUT2D eigenvalue weighted by Gasteiger charge is 2.29. The maximum atomic E-state index is 13.3. The molecule has 6 nitrogen and oxygen atoms in total. The summed E-state index contributed by atoms with van der Waals surface area (Å²) in [5.41, 5.74) is 3.10. The Morgan fingerprint density at radius 1 is 0.935 bits per heavy atom. The second kappa shape index (κ2) is 10.2. The van der Waals surface area contributed by atoms with Gasteiger partial charge in [0.25, 0.3) is 15.9 Å². The number of nitrogens with one attached hydrogen (secondary N) is 1. The average Bonchev–Trinajstić information content (AvgIpc) is 2.76. The van der Waals surface area contributed by atoms with Crippen LogP contribution in [-0.4, -0.2) is 27.1 Å². The fourth-order valence-electron chi connectivity index (χ4n) is 2.60. The highest BCUT2D eigenvalue weighted by atomic mass is 35.5. The second-order valence-electron chi connectivity index (χ2n) is 6.24. The Morgan fingerprint density at radius 3 is 2.29 bits per heavy atom. The van der Waals surface area contributed by atoms with Crippen molar-refractivity contribution in [1.82, 2.24) is 5.43 Å². The van der Waals surface area contributed by atoms with E-state index in [-0.39, 0.29) is 20.6 Å². The molecule has 1 N–H and O–H groups in total. The first kappa shape index (κ1) is 23.1. The zero-order valence-electron chi connectivity index (χ0n) is 15.9. The maximum absolute atomic E-state index is 13.3. The molecule has 3 aromatic rings. The monoisotopic (exact) mass is 495 g/mol. The number of halogens is 3. The molecule has 0 heterocycles. The molecule has 0 fully saturated rings. The summed E-state index contributed by atoms with van der Waals surface area (Å²) in [6, 6.07) is 19.1. The zero-order valence-corrected chi connectivity index (χ0v) is 19.0. The largest absolute Gasteiger partial charge is 0.271 e. The smallest absolute Gasteiger partial charge is 0.264 e. The number of hydrogen-bond donors (Lipinski definition) is 1. The fraction of sp³-hybridized carbons (Fsp3) is 0.0476. The van der Waals surface area contributed by atoms with Crippen LogP contribution in [0, 0.1) is 0 Å². The predicted octanol–water partition coefficient (Wildman–Crippen LogP) is 4.99. The SMILES string of the molecule is O=C(CN(c1cccc(Cl)c1Cl)S(=O)(=O)c1ccccc1)N/N=C\c1ccc(Cl)cc1. The number of benzene rings is 3. The Bertz CT molecular complexity index is 1200. The van der Waals surface area contributed by atoms with Crippen molar-refractivity contribution in [2.24, 2.45) is 5.10 Å². The van der Waals surface area contributed by atoms with Crippen molar-refractivity contribution < 1.29 is 13.2 Å². The van der Waals surface area contributed by atoms with E-state index in [1.807, 2.05) is 0 Å². The molecule has 31 heavy (non-hydrogen) atoms. The van der Waals surface area contributed by atoms with Crippen LogP contribution in [0.4, 0.5) is 5.69 Å². The van der Waals surface area contributed by atoms with Gasteiger partial charge in [0.05, 0.1) is 26.8 Å². The molecule has 0 radical (unpaired) electrons. The first-order chi connectivity index (χ1) is 14.8. The Balaban J connectivity index is 1.87. The molecular weight excluding hydrogens is 481 g/mol. The fourth-order valence-corrected chi connectivity index (χ4v) is 4.63. The molecule has 1 amide bonds. The maximum Gasteiger partial charge on any atom is 0.264 e. The van der Waals surface area contributed by atoms with Gasteiger partial charge in [-0.2, -0.15) is 5.10 Å². The third-order valence-electron chi connectivity index (χ3n) is 4.09. The standard InChI is InChI=1S/C21H16Cl3N3O3S/c22-16-11-9-15(10-12-16)13-25-26-20(28)14-27(19-8-4-7-18(23)21(19)24)31(29,30)17-5-2-1-3-6-17/h1-13H,14H2,(H,26,28)/b25-13-. The van der Waals surface area contributed by atoms with E-state index in [4.69, 9.17) is 34.8 Å². The minimum absolute atomic E-state index is 0.00325. The normalized spacial score (nSPS) is 11.5. The van der Waals surface area contributed by atoms with Gasteiger partial charge in [-0.3, -0.25) is 9.10 Å². The number of rotatable bonds is 7. The molecule has 0 atom stereocenters. The average molecular weight is 497 g/mol. The quantitative estimate of drug-likeness (QED) is 0.370. The number of nitrogens with zero attached hydrogens (tertiary/aromatic N) is 2. The van der Waals surface area contributed by atoms with Crippen LogP contribution >= 0.6 is 34.8 Å². The molecule has 0 aliphatic carbocycles.